The first-order valence-corrected chi connectivity index (χ1v) is 21.0. The molecule has 1 nitrogen and oxygen atoms in total. The molecular weight excluding hydrogens is 1060 g/mol. The minimum Gasteiger partial charge on any atom is -0.207 e. The van der Waals surface area contributed by atoms with E-state index < -0.39 is 154 Å². The molecule has 7 rings (SSSR count). The van der Waals surface area contributed by atoms with Gasteiger partial charge in [0.2, 0.25) is 0 Å². The van der Waals surface area contributed by atoms with Crippen molar-refractivity contribution >= 4 is 53.9 Å². The average molecular weight is 1080 g/mol. The van der Waals surface area contributed by atoms with Gasteiger partial charge in [-0.2, -0.15) is 0 Å². The van der Waals surface area contributed by atoms with Crippen molar-refractivity contribution in [3.05, 3.63) is 217 Å². The van der Waals surface area contributed by atoms with Crippen LogP contribution in [-0.4, -0.2) is 6.15 Å². The van der Waals surface area contributed by atoms with E-state index in [1.54, 1.807) is 0 Å². The largest absolute Gasteiger partial charge is 0.207 e. The number of hydrogen-bond donors (Lipinski definition) is 0. The molecule has 24 heteroatoms. The molecule has 0 radical (unpaired) electrons. The minimum atomic E-state index is -7.22. The zero-order chi connectivity index (χ0) is 51.2. The first-order valence-electron chi connectivity index (χ1n) is 18.5. The molecule has 0 saturated heterocycles. The predicted molar refractivity (Wildman–Crippen MR) is 213 cm³/mol. The lowest BCUT2D eigenvalue weighted by molar-refractivity contribution is 0.378. The molecule has 0 amide bonds. The van der Waals surface area contributed by atoms with Gasteiger partial charge < -0.3 is 0 Å². The normalized spacial score (nSPS) is 12.2. The summed E-state index contributed by atoms with van der Waals surface area (Å²) >= 11 is 3.43. The van der Waals surface area contributed by atoms with E-state index in [1.165, 1.54) is 0 Å². The van der Waals surface area contributed by atoms with E-state index >= 15 is 35.1 Å². The Morgan fingerprint density at radius 1 is 0.362 bits per heavy atom. The van der Waals surface area contributed by atoms with Crippen LogP contribution in [0.4, 0.5) is 87.8 Å². The molecule has 1 unspecified atom stereocenters. The fourth-order valence-corrected chi connectivity index (χ4v) is 9.33. The lowest BCUT2D eigenvalue weighted by atomic mass is 9.12. The Hall–Kier alpha value is -6.61. The summed E-state index contributed by atoms with van der Waals surface area (Å²) < 4.78 is 309. The highest BCUT2D eigenvalue weighted by atomic mass is 79.9. The quantitative estimate of drug-likeness (QED) is 0.0388. The third-order valence-electron chi connectivity index (χ3n) is 10.2. The Morgan fingerprint density at radius 3 is 0.913 bits per heavy atom. The van der Waals surface area contributed by atoms with Crippen LogP contribution in [0.3, 0.4) is 0 Å². The minimum absolute atomic E-state index is 0.407. The van der Waals surface area contributed by atoms with E-state index in [4.69, 9.17) is 0 Å². The van der Waals surface area contributed by atoms with Gasteiger partial charge in [0, 0.05) is 15.6 Å². The molecule has 7 aromatic carbocycles. The number of hydrogen-bond acceptors (Lipinski definition) is 1. The molecule has 69 heavy (non-hydrogen) atoms. The average Bonchev–Trinajstić information content (AvgIpc) is 3.34. The predicted octanol–water partition coefficient (Wildman–Crippen LogP) is 11.4. The molecule has 0 spiro atoms. The van der Waals surface area contributed by atoms with E-state index in [-0.39, 0.29) is 0 Å². The van der Waals surface area contributed by atoms with Gasteiger partial charge >= 0.3 is 0 Å². The highest BCUT2D eigenvalue weighted by Crippen LogP contribution is 2.31. The van der Waals surface area contributed by atoms with Crippen LogP contribution in [0, 0.1) is 128 Å². The van der Waals surface area contributed by atoms with Gasteiger partial charge in [-0.25, -0.2) is 87.8 Å². The van der Waals surface area contributed by atoms with Gasteiger partial charge in [0.25, 0.3) is 0 Å². The Bertz CT molecular complexity index is 2910. The van der Waals surface area contributed by atoms with Gasteiger partial charge in [-0.3, -0.25) is 0 Å². The first kappa shape index (κ1) is 51.8. The van der Waals surface area contributed by atoms with E-state index in [2.05, 4.69) is 27.1 Å². The molecule has 0 N–H and O–H groups in total. The maximum absolute atomic E-state index is 15.4. The Labute approximate surface area is 383 Å². The van der Waals surface area contributed by atoms with Gasteiger partial charge in [-0.15, -0.1) is 21.9 Å². The molecule has 1 atom stereocenters. The number of halogens is 21. The summed E-state index contributed by atoms with van der Waals surface area (Å²) in [5, 5.41) is 3.06. The third-order valence-corrected chi connectivity index (χ3v) is 13.0. The molecule has 0 fully saturated rings. The summed E-state index contributed by atoms with van der Waals surface area (Å²) in [6.45, 7) is 0. The highest BCUT2D eigenvalue weighted by molar-refractivity contribution is 9.10. The summed E-state index contributed by atoms with van der Waals surface area (Å²) in [6, 6.07) is 27.1. The van der Waals surface area contributed by atoms with Crippen molar-refractivity contribution in [3.8, 4) is 11.2 Å². The number of rotatable bonds is 7. The lowest BCUT2D eigenvalue weighted by Gasteiger charge is -2.44. The van der Waals surface area contributed by atoms with Crippen molar-refractivity contribution in [3.63, 3.8) is 0 Å². The summed E-state index contributed by atoms with van der Waals surface area (Å²) in [6.07, 6.45) is -7.22. The molecular formula is C45H16BBrF20OS. The molecule has 0 saturated carbocycles. The lowest BCUT2D eigenvalue weighted by Crippen LogP contribution is -2.81. The molecule has 0 aliphatic rings. The van der Waals surface area contributed by atoms with Crippen LogP contribution in [0.2, 0.25) is 0 Å². The fourth-order valence-electron chi connectivity index (χ4n) is 7.17. The van der Waals surface area contributed by atoms with Crippen molar-refractivity contribution in [1.82, 2.24) is 0 Å². The van der Waals surface area contributed by atoms with Crippen molar-refractivity contribution in [2.75, 3.05) is 0 Å². The van der Waals surface area contributed by atoms with Crippen LogP contribution in [0.5, 0.6) is 0 Å². The summed E-state index contributed by atoms with van der Waals surface area (Å²) in [7, 11) is -2.51. The fraction of sp³-hybridized carbons (Fsp3) is 0.0222. The second-order valence-corrected chi connectivity index (χ2v) is 17.4. The topological polar surface area (TPSA) is 17.1 Å². The van der Waals surface area contributed by atoms with Gasteiger partial charge in [0.15, 0.2) is 95.6 Å². The number of benzene rings is 7. The standard InChI is InChI=1S/C24BF20.C21H16BrOS/c26-5-1(6(27)14(35)21(42)13(5)34)25(2-7(28)15(36)22(43)16(37)8(2)29,3-9(30)17(38)23(44)18(39)10(3)31)4-11(32)19(40)24(45)20(41)12(4)33;22-20-13-11-19(12-14-20)17-24(23,21-9-5-2-6-10-21)16-15-18-7-3-1-4-8-18/h;1-14H,17H2/q-1;+1. The second kappa shape index (κ2) is 19.8. The molecule has 0 aromatic heterocycles. The van der Waals surface area contributed by atoms with Crippen LogP contribution >= 0.6 is 15.9 Å². The van der Waals surface area contributed by atoms with Crippen LogP contribution in [0.1, 0.15) is 11.1 Å². The molecule has 0 heterocycles. The SMILES string of the molecule is Fc1c(F)c(F)c([B-](c2c(F)c(F)c(F)c(F)c2F)(c2c(F)c(F)c(F)c(F)c2F)c2c(F)c(F)c(F)c(F)c2F)c(F)c1F.O=[S+](C#Cc1ccccc1)(Cc1ccc(Br)cc1)c1ccccc1. The van der Waals surface area contributed by atoms with Crippen molar-refractivity contribution in [2.24, 2.45) is 0 Å². The maximum atomic E-state index is 15.4. The van der Waals surface area contributed by atoms with Gasteiger partial charge in [0.05, 0.1) is 0 Å². The summed E-state index contributed by atoms with van der Waals surface area (Å²) in [4.78, 5) is 0.774. The molecule has 358 valence electrons. The Kier molecular flexibility index (Phi) is 14.8. The van der Waals surface area contributed by atoms with Crippen LogP contribution in [0.25, 0.3) is 0 Å². The summed E-state index contributed by atoms with van der Waals surface area (Å²) in [5.41, 5.74) is -12.4. The van der Waals surface area contributed by atoms with Crippen molar-refractivity contribution in [1.29, 1.82) is 0 Å². The highest BCUT2D eigenvalue weighted by Gasteiger charge is 2.52. The zero-order valence-electron chi connectivity index (χ0n) is 33.1. The van der Waals surface area contributed by atoms with Crippen molar-refractivity contribution < 1.29 is 92.0 Å². The second-order valence-electron chi connectivity index (χ2n) is 14.2. The monoisotopic (exact) mass is 1070 g/mol. The first-order chi connectivity index (χ1) is 32.4. The Morgan fingerprint density at radius 2 is 0.623 bits per heavy atom. The van der Waals surface area contributed by atoms with Crippen LogP contribution in [-0.2, 0) is 19.9 Å². The van der Waals surface area contributed by atoms with Crippen LogP contribution in [0.15, 0.2) is 94.3 Å². The molecule has 0 aliphatic heterocycles. The van der Waals surface area contributed by atoms with E-state index in [9.17, 15) is 56.9 Å². The summed E-state index contributed by atoms with van der Waals surface area (Å²) in [5.74, 6) is -67.9. The maximum Gasteiger partial charge on any atom is 0.200 e. The van der Waals surface area contributed by atoms with Crippen LogP contribution < -0.4 is 21.9 Å². The van der Waals surface area contributed by atoms with Gasteiger partial charge in [-0.1, -0.05) is 68.7 Å². The molecule has 0 aliphatic carbocycles. The Balaban J connectivity index is 0.000000273. The van der Waals surface area contributed by atoms with E-state index in [0.717, 1.165) is 20.5 Å². The molecule has 0 bridgehead atoms. The van der Waals surface area contributed by atoms with E-state index in [0.29, 0.717) is 5.75 Å². The van der Waals surface area contributed by atoms with Gasteiger partial charge in [0.1, 0.15) is 52.7 Å². The third kappa shape index (κ3) is 8.85. The smallest absolute Gasteiger partial charge is 0.200 e. The molecule has 7 aromatic rings. The van der Waals surface area contributed by atoms with E-state index in [1.807, 2.05) is 84.9 Å². The van der Waals surface area contributed by atoms with Gasteiger partial charge in [-0.05, 0) is 42.3 Å². The van der Waals surface area contributed by atoms with Crippen molar-refractivity contribution in [2.45, 2.75) is 10.6 Å². The zero-order valence-corrected chi connectivity index (χ0v) is 35.5.